The van der Waals surface area contributed by atoms with Crippen LogP contribution in [0.1, 0.15) is 109 Å². The van der Waals surface area contributed by atoms with Crippen LogP contribution in [-0.2, 0) is 24.8 Å². The molecule has 0 aliphatic carbocycles. The normalized spacial score (nSPS) is 17.6. The Hall–Kier alpha value is -3.24. The predicted molar refractivity (Wildman–Crippen MR) is 144 cm³/mol. The molecule has 3 rings (SSSR count). The summed E-state index contributed by atoms with van der Waals surface area (Å²) in [5.41, 5.74) is -3.25. The number of benzene rings is 1. The summed E-state index contributed by atoms with van der Waals surface area (Å²) in [5, 5.41) is 16.6. The zero-order chi connectivity index (χ0) is 29.9. The molecule has 226 valence electrons. The molecule has 0 bridgehead atoms. The van der Waals surface area contributed by atoms with Gasteiger partial charge >= 0.3 is 23.8 Å². The van der Waals surface area contributed by atoms with Crippen molar-refractivity contribution in [1.82, 2.24) is 0 Å². The molecule has 0 unspecified atom stereocenters. The highest BCUT2D eigenvalue weighted by Gasteiger charge is 2.65. The summed E-state index contributed by atoms with van der Waals surface area (Å²) in [4.78, 5) is 37.1. The number of aliphatic hydroxyl groups is 1. The van der Waals surface area contributed by atoms with Crippen LogP contribution in [0.2, 0.25) is 0 Å². The van der Waals surface area contributed by atoms with Crippen molar-refractivity contribution >= 4 is 17.7 Å². The van der Waals surface area contributed by atoms with Crippen LogP contribution in [0, 0.1) is 0 Å². The maximum atomic E-state index is 13.1. The first-order chi connectivity index (χ1) is 19.6. The van der Waals surface area contributed by atoms with Crippen molar-refractivity contribution < 1.29 is 42.1 Å². The van der Waals surface area contributed by atoms with Crippen LogP contribution in [0.25, 0.3) is 0 Å². The zero-order valence-electron chi connectivity index (χ0n) is 23.5. The number of hydrogen-bond donors (Lipinski definition) is 1. The van der Waals surface area contributed by atoms with Gasteiger partial charge in [-0.1, -0.05) is 96.1 Å². The van der Waals surface area contributed by atoms with Gasteiger partial charge in [0.05, 0.1) is 6.42 Å². The van der Waals surface area contributed by atoms with Crippen molar-refractivity contribution in [3.63, 3.8) is 0 Å². The van der Waals surface area contributed by atoms with Crippen molar-refractivity contribution in [1.29, 1.82) is 0 Å². The molecule has 0 aromatic heterocycles. The summed E-state index contributed by atoms with van der Waals surface area (Å²) < 4.78 is 49.4. The number of carbonyl (C=O) groups is 3. The van der Waals surface area contributed by atoms with Crippen LogP contribution in [0.5, 0.6) is 5.75 Å². The van der Waals surface area contributed by atoms with Crippen LogP contribution < -0.4 is 4.74 Å². The minimum absolute atomic E-state index is 0.0526. The summed E-state index contributed by atoms with van der Waals surface area (Å²) in [6, 6.07) is 4.50. The third-order valence-corrected chi connectivity index (χ3v) is 7.34. The van der Waals surface area contributed by atoms with E-state index in [9.17, 15) is 32.7 Å². The average molecular weight is 581 g/mol. The van der Waals surface area contributed by atoms with Crippen LogP contribution in [-0.4, -0.2) is 35.1 Å². The molecule has 0 fully saturated rings. The molecule has 0 saturated heterocycles. The molecule has 0 radical (unpaired) electrons. The topological polar surface area (TPSA) is 115 Å². The minimum Gasteiger partial charge on any atom is -0.507 e. The summed E-state index contributed by atoms with van der Waals surface area (Å²) in [6.07, 6.45) is 8.50. The highest BCUT2D eigenvalue weighted by molar-refractivity contribution is 6.19. The summed E-state index contributed by atoms with van der Waals surface area (Å²) in [5.74, 6) is -3.08. The van der Waals surface area contributed by atoms with E-state index in [1.807, 2.05) is 0 Å². The fourth-order valence-electron chi connectivity index (χ4n) is 4.86. The van der Waals surface area contributed by atoms with Crippen LogP contribution >= 0.6 is 0 Å². The van der Waals surface area contributed by atoms with Gasteiger partial charge in [0.2, 0.25) is 0 Å². The molecule has 11 heteroatoms. The first-order valence-electron chi connectivity index (χ1n) is 14.6. The molecule has 1 aromatic carbocycles. The molecule has 8 nitrogen and oxygen atoms in total. The Labute approximate surface area is 238 Å². The monoisotopic (exact) mass is 580 g/mol. The Balaban J connectivity index is 1.34. The number of nitrogens with zero attached hydrogens (tertiary/aromatic N) is 2. The third-order valence-electron chi connectivity index (χ3n) is 7.34. The van der Waals surface area contributed by atoms with E-state index in [1.54, 1.807) is 0 Å². The Morgan fingerprint density at radius 3 is 1.90 bits per heavy atom. The highest BCUT2D eigenvalue weighted by Crippen LogP contribution is 2.52. The van der Waals surface area contributed by atoms with Gasteiger partial charge in [-0.3, -0.25) is 9.59 Å². The zero-order valence-corrected chi connectivity index (χ0v) is 23.5. The molecule has 1 N–H and O–H groups in total. The second-order valence-corrected chi connectivity index (χ2v) is 10.6. The van der Waals surface area contributed by atoms with Crippen LogP contribution in [0.15, 0.2) is 45.8 Å². The first kappa shape index (κ1) is 32.3. The minimum atomic E-state index is -4.68. The second-order valence-electron chi connectivity index (χ2n) is 10.6. The van der Waals surface area contributed by atoms with E-state index in [0.717, 1.165) is 43.5 Å². The van der Waals surface area contributed by atoms with Crippen molar-refractivity contribution in [2.75, 3.05) is 0 Å². The van der Waals surface area contributed by atoms with Gasteiger partial charge in [-0.2, -0.15) is 13.2 Å². The number of rotatable bonds is 19. The molecule has 2 aliphatic rings. The third kappa shape index (κ3) is 9.13. The fraction of sp³-hybridized carbons (Fsp3) is 0.633. The molecule has 41 heavy (non-hydrogen) atoms. The lowest BCUT2D eigenvalue weighted by Crippen LogP contribution is -2.30. The maximum absolute atomic E-state index is 13.1. The van der Waals surface area contributed by atoms with Gasteiger partial charge < -0.3 is 14.6 Å². The lowest BCUT2D eigenvalue weighted by atomic mass is 10.0. The smallest absolute Gasteiger partial charge is 0.442 e. The number of Topliss-reactive ketones (excluding diaryl/α,β-unsaturated/α-hetero) is 1. The lowest BCUT2D eigenvalue weighted by molar-refractivity contribution is -0.166. The molecule has 2 aliphatic heterocycles. The van der Waals surface area contributed by atoms with Crippen molar-refractivity contribution in [2.45, 2.75) is 121 Å². The van der Waals surface area contributed by atoms with E-state index in [4.69, 9.17) is 9.47 Å². The number of ketones is 1. The van der Waals surface area contributed by atoms with E-state index in [1.165, 1.54) is 57.8 Å². The molecule has 2 heterocycles. The number of aliphatic hydroxyl groups excluding tert-OH is 1. The van der Waals surface area contributed by atoms with E-state index in [2.05, 4.69) is 17.2 Å². The average Bonchev–Trinajstić information content (AvgIpc) is 3.69. The summed E-state index contributed by atoms with van der Waals surface area (Å²) >= 11 is 0. The maximum Gasteiger partial charge on any atom is 0.442 e. The number of hydrogen-bond acceptors (Lipinski definition) is 8. The number of halogens is 3. The van der Waals surface area contributed by atoms with Gasteiger partial charge in [0.1, 0.15) is 11.3 Å². The van der Waals surface area contributed by atoms with Gasteiger partial charge in [0.15, 0.2) is 17.6 Å². The summed E-state index contributed by atoms with van der Waals surface area (Å²) in [7, 11) is 0. The number of carbonyl (C=O) groups excluding carboxylic acids is 3. The Morgan fingerprint density at radius 2 is 1.41 bits per heavy atom. The fourth-order valence-corrected chi connectivity index (χ4v) is 4.86. The molecular weight excluding hydrogens is 541 g/mol. The van der Waals surface area contributed by atoms with E-state index >= 15 is 0 Å². The van der Waals surface area contributed by atoms with Gasteiger partial charge in [-0.25, -0.2) is 4.79 Å². The predicted octanol–water partition coefficient (Wildman–Crippen LogP) is 7.95. The number of esters is 2. The Bertz CT molecular complexity index is 1110. The number of unbranched alkanes of at least 4 members (excludes halogenated alkanes) is 12. The molecular formula is C30H39F3N2O6. The molecule has 0 saturated carbocycles. The van der Waals surface area contributed by atoms with Gasteiger partial charge in [0, 0.05) is 12.0 Å². The van der Waals surface area contributed by atoms with Crippen LogP contribution in [0.3, 0.4) is 0 Å². The largest absolute Gasteiger partial charge is 0.507 e. The van der Waals surface area contributed by atoms with Crippen molar-refractivity contribution in [3.8, 4) is 5.75 Å². The van der Waals surface area contributed by atoms with Crippen molar-refractivity contribution in [2.24, 2.45) is 10.2 Å². The van der Waals surface area contributed by atoms with Gasteiger partial charge in [-0.15, -0.1) is 10.2 Å². The summed E-state index contributed by atoms with van der Waals surface area (Å²) in [6.45, 7) is 2.22. The number of cyclic esters (lactones) is 1. The SMILES string of the molecule is CCCCCCCCCCCCCCCC(=O)C1=C(O)[C@@H](CC(=O)Oc2ccc(C3(C(F)(F)F)N=N3)cc2)OC1=O. The van der Waals surface area contributed by atoms with Gasteiger partial charge in [0.25, 0.3) is 0 Å². The second kappa shape index (κ2) is 15.1. The lowest BCUT2D eigenvalue weighted by Gasteiger charge is -2.15. The molecule has 1 aromatic rings. The van der Waals surface area contributed by atoms with Crippen molar-refractivity contribution in [3.05, 3.63) is 41.2 Å². The van der Waals surface area contributed by atoms with E-state index in [-0.39, 0.29) is 17.7 Å². The highest BCUT2D eigenvalue weighted by atomic mass is 19.4. The Kier molecular flexibility index (Phi) is 11.9. The standard InChI is InChI=1S/C30H39F3N2O6/c1-2-3-4-5-6-7-8-9-10-11-12-13-14-15-23(36)26-27(38)24(41-28(26)39)20-25(37)40-22-18-16-21(17-19-22)29(34-35-29)30(31,32)33/h16-19,24,38H,2-15,20H2,1H3/t24-/m1/s1. The molecule has 0 amide bonds. The first-order valence-corrected chi connectivity index (χ1v) is 14.6. The van der Waals surface area contributed by atoms with Gasteiger partial charge in [-0.05, 0) is 18.6 Å². The van der Waals surface area contributed by atoms with E-state index < -0.39 is 53.4 Å². The quantitative estimate of drug-likeness (QED) is 0.0769. The number of alkyl halides is 3. The Morgan fingerprint density at radius 1 is 0.902 bits per heavy atom. The molecule has 1 atom stereocenters. The van der Waals surface area contributed by atoms with Crippen LogP contribution in [0.4, 0.5) is 13.2 Å². The molecule has 0 spiro atoms. The van der Waals surface area contributed by atoms with E-state index in [0.29, 0.717) is 6.42 Å². The number of ether oxygens (including phenoxy) is 2.